The molecule has 0 unspecified atom stereocenters. The molecule has 4 heteroatoms. The lowest BCUT2D eigenvalue weighted by Crippen LogP contribution is -1.99. The first-order chi connectivity index (χ1) is 18.3. The maximum Gasteiger partial charge on any atom is 0.146 e. The summed E-state index contributed by atoms with van der Waals surface area (Å²) in [5.41, 5.74) is 6.20. The molecule has 0 N–H and O–H groups in total. The number of nitrogens with zero attached hydrogens (tertiary/aromatic N) is 4. The summed E-state index contributed by atoms with van der Waals surface area (Å²) < 4.78 is 2.17. The zero-order valence-corrected chi connectivity index (χ0v) is 19.8. The van der Waals surface area contributed by atoms with Crippen LogP contribution in [0.4, 0.5) is 0 Å². The lowest BCUT2D eigenvalue weighted by Gasteiger charge is -2.10. The second-order valence-corrected chi connectivity index (χ2v) is 9.35. The Balaban J connectivity index is 1.41. The van der Waals surface area contributed by atoms with E-state index < -0.39 is 0 Å². The third-order valence-corrected chi connectivity index (χ3v) is 7.27. The van der Waals surface area contributed by atoms with Crippen LogP contribution in [0, 0.1) is 0 Å². The molecule has 0 amide bonds. The van der Waals surface area contributed by atoms with Gasteiger partial charge < -0.3 is 0 Å². The van der Waals surface area contributed by atoms with Crippen LogP contribution in [0.2, 0.25) is 0 Å². The maximum absolute atomic E-state index is 5.13. The standard InChI is InChI=1S/C33H20N4/c1-2-9-25-21(6-1)7-3-10-26(25)24-14-16-29-28(20-24)27-11-5-19-35-33(27)37(29)30-17-15-23-13-12-22-8-4-18-34-31(22)32(23)36-30/h1-20H. The number of pyridine rings is 3. The number of rotatable bonds is 2. The van der Waals surface area contributed by atoms with Crippen molar-refractivity contribution in [3.05, 3.63) is 122 Å². The summed E-state index contributed by atoms with van der Waals surface area (Å²) in [6.45, 7) is 0. The molecule has 4 nitrogen and oxygen atoms in total. The molecular weight excluding hydrogens is 452 g/mol. The highest BCUT2D eigenvalue weighted by Gasteiger charge is 2.16. The Morgan fingerprint density at radius 1 is 0.514 bits per heavy atom. The van der Waals surface area contributed by atoms with E-state index in [1.807, 2.05) is 24.5 Å². The van der Waals surface area contributed by atoms with Gasteiger partial charge in [0.05, 0.1) is 16.6 Å². The summed E-state index contributed by atoms with van der Waals surface area (Å²) in [6, 6.07) is 38.3. The smallest absolute Gasteiger partial charge is 0.146 e. The van der Waals surface area contributed by atoms with Crippen LogP contribution in [0.5, 0.6) is 0 Å². The van der Waals surface area contributed by atoms with Gasteiger partial charge in [0.2, 0.25) is 0 Å². The van der Waals surface area contributed by atoms with Crippen molar-refractivity contribution in [3.8, 4) is 16.9 Å². The Morgan fingerprint density at radius 2 is 1.27 bits per heavy atom. The maximum atomic E-state index is 5.13. The topological polar surface area (TPSA) is 43.6 Å². The molecule has 0 bridgehead atoms. The highest BCUT2D eigenvalue weighted by Crippen LogP contribution is 2.36. The Hall–Kier alpha value is -5.09. The highest BCUT2D eigenvalue weighted by molar-refractivity contribution is 6.10. The fourth-order valence-corrected chi connectivity index (χ4v) is 5.56. The summed E-state index contributed by atoms with van der Waals surface area (Å²) in [7, 11) is 0. The van der Waals surface area contributed by atoms with Gasteiger partial charge in [0.1, 0.15) is 11.5 Å². The normalized spacial score (nSPS) is 11.8. The van der Waals surface area contributed by atoms with E-state index in [0.29, 0.717) is 0 Å². The molecule has 0 atom stereocenters. The number of hydrogen-bond acceptors (Lipinski definition) is 3. The molecule has 0 saturated carbocycles. The van der Waals surface area contributed by atoms with Gasteiger partial charge in [0.15, 0.2) is 0 Å². The minimum atomic E-state index is 0.835. The first kappa shape index (κ1) is 20.1. The van der Waals surface area contributed by atoms with Crippen LogP contribution < -0.4 is 0 Å². The fraction of sp³-hybridized carbons (Fsp3) is 0. The molecule has 4 heterocycles. The Kier molecular flexibility index (Phi) is 4.19. The average Bonchev–Trinajstić information content (AvgIpc) is 3.30. The van der Waals surface area contributed by atoms with E-state index in [1.54, 1.807) is 0 Å². The van der Waals surface area contributed by atoms with Crippen LogP contribution in [0.1, 0.15) is 0 Å². The van der Waals surface area contributed by atoms with E-state index in [9.17, 15) is 0 Å². The van der Waals surface area contributed by atoms with E-state index >= 15 is 0 Å². The summed E-state index contributed by atoms with van der Waals surface area (Å²) in [5, 5.41) is 6.91. The van der Waals surface area contributed by atoms with E-state index in [4.69, 9.17) is 9.97 Å². The Labute approximate surface area is 212 Å². The van der Waals surface area contributed by atoms with Crippen molar-refractivity contribution in [1.29, 1.82) is 0 Å². The first-order valence-electron chi connectivity index (χ1n) is 12.4. The lowest BCUT2D eigenvalue weighted by atomic mass is 9.97. The van der Waals surface area contributed by atoms with Crippen molar-refractivity contribution in [2.45, 2.75) is 0 Å². The Morgan fingerprint density at radius 3 is 2.24 bits per heavy atom. The van der Waals surface area contributed by atoms with Gasteiger partial charge in [0.25, 0.3) is 0 Å². The zero-order valence-electron chi connectivity index (χ0n) is 19.8. The molecule has 0 fully saturated rings. The van der Waals surface area contributed by atoms with E-state index in [1.165, 1.54) is 21.9 Å². The summed E-state index contributed by atoms with van der Waals surface area (Å²) in [5.74, 6) is 0.835. The minimum Gasteiger partial charge on any atom is -0.278 e. The zero-order chi connectivity index (χ0) is 24.3. The summed E-state index contributed by atoms with van der Waals surface area (Å²) >= 11 is 0. The monoisotopic (exact) mass is 472 g/mol. The minimum absolute atomic E-state index is 0.835. The molecule has 37 heavy (non-hydrogen) atoms. The molecule has 0 saturated heterocycles. The predicted octanol–water partition coefficient (Wildman–Crippen LogP) is 8.10. The molecule has 0 radical (unpaired) electrons. The first-order valence-corrected chi connectivity index (χ1v) is 12.4. The third kappa shape index (κ3) is 2.99. The van der Waals surface area contributed by atoms with Gasteiger partial charge in [-0.1, -0.05) is 66.7 Å². The molecule has 8 rings (SSSR count). The van der Waals surface area contributed by atoms with Crippen molar-refractivity contribution in [1.82, 2.24) is 19.5 Å². The van der Waals surface area contributed by atoms with Crippen LogP contribution in [-0.2, 0) is 0 Å². The lowest BCUT2D eigenvalue weighted by molar-refractivity contribution is 1.07. The summed E-state index contributed by atoms with van der Waals surface area (Å²) in [4.78, 5) is 14.6. The predicted molar refractivity (Wildman–Crippen MR) is 152 cm³/mol. The number of hydrogen-bond donors (Lipinski definition) is 0. The van der Waals surface area contributed by atoms with Gasteiger partial charge in [-0.2, -0.15) is 0 Å². The molecule has 4 aromatic carbocycles. The summed E-state index contributed by atoms with van der Waals surface area (Å²) in [6.07, 6.45) is 3.67. The van der Waals surface area contributed by atoms with Crippen molar-refractivity contribution in [2.75, 3.05) is 0 Å². The van der Waals surface area contributed by atoms with E-state index in [2.05, 4.69) is 107 Å². The van der Waals surface area contributed by atoms with Crippen molar-refractivity contribution in [3.63, 3.8) is 0 Å². The molecule has 172 valence electrons. The molecule has 8 aromatic rings. The van der Waals surface area contributed by atoms with Crippen molar-refractivity contribution >= 4 is 54.5 Å². The third-order valence-electron chi connectivity index (χ3n) is 7.27. The second kappa shape index (κ2) is 7.70. The molecule has 0 spiro atoms. The van der Waals surface area contributed by atoms with Crippen molar-refractivity contribution < 1.29 is 0 Å². The van der Waals surface area contributed by atoms with E-state index in [0.717, 1.165) is 49.6 Å². The number of aromatic nitrogens is 4. The van der Waals surface area contributed by atoms with Gasteiger partial charge in [-0.15, -0.1) is 0 Å². The fourth-order valence-electron chi connectivity index (χ4n) is 5.56. The van der Waals surface area contributed by atoms with Crippen LogP contribution in [0.15, 0.2) is 122 Å². The van der Waals surface area contributed by atoms with Crippen LogP contribution >= 0.6 is 0 Å². The second-order valence-electron chi connectivity index (χ2n) is 9.35. The van der Waals surface area contributed by atoms with Crippen LogP contribution in [0.3, 0.4) is 0 Å². The van der Waals surface area contributed by atoms with Crippen LogP contribution in [0.25, 0.3) is 71.5 Å². The highest BCUT2D eigenvalue weighted by atomic mass is 15.1. The average molecular weight is 473 g/mol. The van der Waals surface area contributed by atoms with Gasteiger partial charge in [-0.3, -0.25) is 9.55 Å². The van der Waals surface area contributed by atoms with Gasteiger partial charge in [0, 0.05) is 33.9 Å². The van der Waals surface area contributed by atoms with Gasteiger partial charge in [-0.05, 0) is 64.4 Å². The molecule has 4 aromatic heterocycles. The van der Waals surface area contributed by atoms with Gasteiger partial charge in [-0.25, -0.2) is 9.97 Å². The van der Waals surface area contributed by atoms with E-state index in [-0.39, 0.29) is 0 Å². The SMILES string of the molecule is c1ccc2c(-c3ccc4c(c3)c3cccnc3n4-c3ccc4ccc5cccnc5c4n3)cccc2c1. The number of fused-ring (bicyclic) bond motifs is 7. The van der Waals surface area contributed by atoms with Crippen LogP contribution in [-0.4, -0.2) is 19.5 Å². The molecule has 0 aliphatic carbocycles. The van der Waals surface area contributed by atoms with Crippen molar-refractivity contribution in [2.24, 2.45) is 0 Å². The Bertz CT molecular complexity index is 2150. The molecule has 0 aliphatic heterocycles. The molecular formula is C33H20N4. The number of benzene rings is 4. The largest absolute Gasteiger partial charge is 0.278 e. The molecule has 0 aliphatic rings. The van der Waals surface area contributed by atoms with Gasteiger partial charge >= 0.3 is 0 Å². The quantitative estimate of drug-likeness (QED) is 0.239.